The van der Waals surface area contributed by atoms with Gasteiger partial charge in [0.1, 0.15) is 0 Å². The summed E-state index contributed by atoms with van der Waals surface area (Å²) in [5.41, 5.74) is 1.37. The van der Waals surface area contributed by atoms with Gasteiger partial charge in [0, 0.05) is 23.5 Å². The molecule has 0 bridgehead atoms. The van der Waals surface area contributed by atoms with Gasteiger partial charge in [-0.05, 0) is 45.1 Å². The minimum atomic E-state index is 0.532. The molecule has 0 saturated heterocycles. The van der Waals surface area contributed by atoms with Crippen molar-refractivity contribution >= 4 is 16.5 Å². The maximum Gasteiger partial charge on any atom is 0.186 e. The van der Waals surface area contributed by atoms with Gasteiger partial charge in [-0.3, -0.25) is 0 Å². The topological polar surface area (TPSA) is 28.2 Å². The molecule has 0 aliphatic heterocycles. The molecular formula is C17H29N3S. The average Bonchev–Trinajstić information content (AvgIpc) is 3.12. The molecule has 4 heteroatoms. The van der Waals surface area contributed by atoms with E-state index in [-0.39, 0.29) is 0 Å². The summed E-state index contributed by atoms with van der Waals surface area (Å²) in [7, 11) is 2.09. The first kappa shape index (κ1) is 15.3. The smallest absolute Gasteiger partial charge is 0.186 e. The van der Waals surface area contributed by atoms with Gasteiger partial charge in [-0.2, -0.15) is 0 Å². The molecule has 1 aromatic rings. The fourth-order valence-electron chi connectivity index (χ4n) is 3.80. The summed E-state index contributed by atoms with van der Waals surface area (Å²) in [5, 5.41) is 4.77. The van der Waals surface area contributed by atoms with Crippen LogP contribution in [-0.2, 0) is 6.42 Å². The average molecular weight is 308 g/mol. The summed E-state index contributed by atoms with van der Waals surface area (Å²) in [6.07, 6.45) is 9.20. The van der Waals surface area contributed by atoms with Crippen LogP contribution in [-0.4, -0.2) is 24.6 Å². The van der Waals surface area contributed by atoms with E-state index in [1.807, 2.05) is 11.3 Å². The molecule has 1 atom stereocenters. The van der Waals surface area contributed by atoms with Crippen LogP contribution in [0.5, 0.6) is 0 Å². The number of nitrogens with one attached hydrogen (secondary N) is 1. The van der Waals surface area contributed by atoms with E-state index in [9.17, 15) is 0 Å². The molecule has 21 heavy (non-hydrogen) atoms. The van der Waals surface area contributed by atoms with Gasteiger partial charge in [0.05, 0.1) is 5.69 Å². The molecule has 0 aromatic carbocycles. The van der Waals surface area contributed by atoms with Gasteiger partial charge in [0.25, 0.3) is 0 Å². The Hall–Kier alpha value is -0.610. The number of anilines is 1. The molecule has 0 radical (unpaired) electrons. The van der Waals surface area contributed by atoms with Crippen molar-refractivity contribution < 1.29 is 0 Å². The normalized spacial score (nSPS) is 22.8. The molecule has 1 saturated carbocycles. The first-order chi connectivity index (χ1) is 10.2. The minimum Gasteiger partial charge on any atom is -0.345 e. The van der Waals surface area contributed by atoms with Crippen molar-refractivity contribution in [2.75, 3.05) is 18.5 Å². The molecule has 1 heterocycles. The lowest BCUT2D eigenvalue weighted by molar-refractivity contribution is 0.500. The van der Waals surface area contributed by atoms with Crippen LogP contribution in [0.4, 0.5) is 5.13 Å². The van der Waals surface area contributed by atoms with Crippen molar-refractivity contribution in [1.82, 2.24) is 10.3 Å². The predicted octanol–water partition coefficient (Wildman–Crippen LogP) is 4.14. The largest absolute Gasteiger partial charge is 0.345 e. The van der Waals surface area contributed by atoms with E-state index in [0.717, 1.165) is 12.6 Å². The summed E-state index contributed by atoms with van der Waals surface area (Å²) in [6, 6.07) is 1.26. The molecule has 0 amide bonds. The van der Waals surface area contributed by atoms with Crippen LogP contribution in [0.25, 0.3) is 0 Å². The zero-order valence-corrected chi connectivity index (χ0v) is 14.5. The van der Waals surface area contributed by atoms with Crippen LogP contribution >= 0.6 is 11.3 Å². The first-order valence-electron chi connectivity index (χ1n) is 8.62. The third kappa shape index (κ3) is 3.26. The van der Waals surface area contributed by atoms with E-state index in [1.54, 1.807) is 0 Å². The summed E-state index contributed by atoms with van der Waals surface area (Å²) in [5.74, 6) is 0.701. The molecular weight excluding hydrogens is 278 g/mol. The number of thiazole rings is 1. The minimum absolute atomic E-state index is 0.532. The Morgan fingerprint density at radius 1 is 1.24 bits per heavy atom. The van der Waals surface area contributed by atoms with Crippen LogP contribution in [0.1, 0.15) is 69.0 Å². The Bertz CT molecular complexity index is 463. The summed E-state index contributed by atoms with van der Waals surface area (Å²) < 4.78 is 0. The third-order valence-electron chi connectivity index (χ3n) is 4.86. The van der Waals surface area contributed by atoms with Gasteiger partial charge in [-0.25, -0.2) is 4.98 Å². The van der Waals surface area contributed by atoms with E-state index in [2.05, 4.69) is 31.1 Å². The van der Waals surface area contributed by atoms with E-state index in [4.69, 9.17) is 4.98 Å². The van der Waals surface area contributed by atoms with Crippen molar-refractivity contribution in [1.29, 1.82) is 0 Å². The Labute approximate surface area is 133 Å². The lowest BCUT2D eigenvalue weighted by atomic mass is 9.98. The number of aryl methyl sites for hydroxylation is 1. The summed E-state index contributed by atoms with van der Waals surface area (Å²) in [6.45, 7) is 5.80. The summed E-state index contributed by atoms with van der Waals surface area (Å²) >= 11 is 1.96. The maximum absolute atomic E-state index is 5.05. The monoisotopic (exact) mass is 307 g/mol. The zero-order chi connectivity index (χ0) is 14.8. The van der Waals surface area contributed by atoms with E-state index in [0.29, 0.717) is 12.0 Å². The predicted molar refractivity (Wildman–Crippen MR) is 91.3 cm³/mol. The van der Waals surface area contributed by atoms with Gasteiger partial charge in [-0.1, -0.05) is 38.0 Å². The molecule has 1 aromatic heterocycles. The van der Waals surface area contributed by atoms with E-state index >= 15 is 0 Å². The SMILES string of the molecule is CNC1CCCc2nc(N(CC(C)C)C3CCCC3)sc21. The zero-order valence-electron chi connectivity index (χ0n) is 13.7. The Morgan fingerprint density at radius 3 is 2.67 bits per heavy atom. The molecule has 1 unspecified atom stereocenters. The van der Waals surface area contributed by atoms with Gasteiger partial charge in [0.2, 0.25) is 0 Å². The van der Waals surface area contributed by atoms with Gasteiger partial charge < -0.3 is 10.2 Å². The maximum atomic E-state index is 5.05. The van der Waals surface area contributed by atoms with Crippen LogP contribution in [0, 0.1) is 5.92 Å². The van der Waals surface area contributed by atoms with E-state index < -0.39 is 0 Å². The number of nitrogens with zero attached hydrogens (tertiary/aromatic N) is 2. The van der Waals surface area contributed by atoms with Crippen LogP contribution in [0.3, 0.4) is 0 Å². The van der Waals surface area contributed by atoms with Gasteiger partial charge >= 0.3 is 0 Å². The third-order valence-corrected chi connectivity index (χ3v) is 6.11. The molecule has 0 spiro atoms. The Kier molecular flexibility index (Phi) is 4.85. The quantitative estimate of drug-likeness (QED) is 0.886. The van der Waals surface area contributed by atoms with Crippen LogP contribution in [0.15, 0.2) is 0 Å². The molecule has 3 rings (SSSR count). The second-order valence-electron chi connectivity index (χ2n) is 7.03. The standard InChI is InChI=1S/C17H29N3S/c1-12(2)11-20(13-7-4-5-8-13)17-19-15-10-6-9-14(18-3)16(15)21-17/h12-14,18H,4-11H2,1-3H3. The fraction of sp³-hybridized carbons (Fsp3) is 0.824. The number of aromatic nitrogens is 1. The van der Waals surface area contributed by atoms with Crippen molar-refractivity contribution in [3.05, 3.63) is 10.6 Å². The van der Waals surface area contributed by atoms with Crippen molar-refractivity contribution in [3.63, 3.8) is 0 Å². The fourth-order valence-corrected chi connectivity index (χ4v) is 5.13. The lowest BCUT2D eigenvalue weighted by Crippen LogP contribution is -2.36. The van der Waals surface area contributed by atoms with Crippen LogP contribution < -0.4 is 10.2 Å². The molecule has 1 N–H and O–H groups in total. The number of fused-ring (bicyclic) bond motifs is 1. The number of rotatable bonds is 5. The van der Waals surface area contributed by atoms with Gasteiger partial charge in [0.15, 0.2) is 5.13 Å². The summed E-state index contributed by atoms with van der Waals surface area (Å²) in [4.78, 5) is 9.19. The molecule has 3 nitrogen and oxygen atoms in total. The molecule has 2 aliphatic rings. The highest BCUT2D eigenvalue weighted by Gasteiger charge is 2.29. The lowest BCUT2D eigenvalue weighted by Gasteiger charge is -2.30. The first-order valence-corrected chi connectivity index (χ1v) is 9.44. The Balaban J connectivity index is 1.86. The molecule has 118 valence electrons. The van der Waals surface area contributed by atoms with Crippen LogP contribution in [0.2, 0.25) is 0 Å². The second kappa shape index (κ2) is 6.66. The van der Waals surface area contributed by atoms with Crippen molar-refractivity contribution in [2.24, 2.45) is 5.92 Å². The second-order valence-corrected chi connectivity index (χ2v) is 8.03. The number of hydrogen-bond acceptors (Lipinski definition) is 4. The number of hydrogen-bond donors (Lipinski definition) is 1. The Morgan fingerprint density at radius 2 is 2.00 bits per heavy atom. The highest BCUT2D eigenvalue weighted by atomic mass is 32.1. The van der Waals surface area contributed by atoms with E-state index in [1.165, 1.54) is 60.6 Å². The van der Waals surface area contributed by atoms with Crippen molar-refractivity contribution in [3.8, 4) is 0 Å². The van der Waals surface area contributed by atoms with Crippen molar-refractivity contribution in [2.45, 2.75) is 70.9 Å². The molecule has 2 aliphatic carbocycles. The molecule has 1 fully saturated rings. The van der Waals surface area contributed by atoms with Gasteiger partial charge in [-0.15, -0.1) is 0 Å². The highest BCUT2D eigenvalue weighted by Crippen LogP contribution is 2.39. The highest BCUT2D eigenvalue weighted by molar-refractivity contribution is 7.15.